The Hall–Kier alpha value is -0.790. The van der Waals surface area contributed by atoms with Crippen molar-refractivity contribution in [2.75, 3.05) is 0 Å². The lowest BCUT2D eigenvalue weighted by Gasteiger charge is -2.74. The summed E-state index contributed by atoms with van der Waals surface area (Å²) in [5, 5.41) is 0. The van der Waals surface area contributed by atoms with Crippen LogP contribution in [0.2, 0.25) is 0 Å². The molecule has 5 saturated carbocycles. The Balaban J connectivity index is 1.64. The van der Waals surface area contributed by atoms with Crippen molar-refractivity contribution in [3.8, 4) is 0 Å². The molecule has 0 aromatic rings. The summed E-state index contributed by atoms with van der Waals surface area (Å²) in [4.78, 5) is 12.5. The van der Waals surface area contributed by atoms with Crippen molar-refractivity contribution in [3.05, 3.63) is 12.2 Å². The number of allylic oxidation sites excluding steroid dienone is 1. The number of hydrogen-bond donors (Lipinski definition) is 0. The molecule has 0 heterocycles. The van der Waals surface area contributed by atoms with Crippen LogP contribution in [0.15, 0.2) is 12.2 Å². The molecule has 10 atom stereocenters. The fourth-order valence-electron chi connectivity index (χ4n) is 11.7. The normalized spacial score (nSPS) is 54.2. The van der Waals surface area contributed by atoms with Crippen LogP contribution >= 0.6 is 0 Å². The molecule has 0 N–H and O–H groups in total. The Morgan fingerprint density at radius 2 is 1.59 bits per heavy atom. The van der Waals surface area contributed by atoms with E-state index in [1.165, 1.54) is 63.4 Å². The fourth-order valence-corrected chi connectivity index (χ4v) is 11.7. The van der Waals surface area contributed by atoms with E-state index in [1.54, 1.807) is 6.92 Å². The van der Waals surface area contributed by atoms with Crippen LogP contribution in [0.1, 0.15) is 120 Å². The van der Waals surface area contributed by atoms with E-state index in [0.29, 0.717) is 45.3 Å². The van der Waals surface area contributed by atoms with E-state index in [9.17, 15) is 4.79 Å². The molecule has 5 aliphatic carbocycles. The Morgan fingerprint density at radius 3 is 2.26 bits per heavy atom. The van der Waals surface area contributed by atoms with Crippen molar-refractivity contribution in [1.29, 1.82) is 0 Å². The molecule has 5 aliphatic rings. The molecule has 0 amide bonds. The molecule has 0 radical (unpaired) electrons. The van der Waals surface area contributed by atoms with Crippen LogP contribution in [0.25, 0.3) is 0 Å². The summed E-state index contributed by atoms with van der Waals surface area (Å²) in [5.74, 6) is 2.87. The molecular formula is C32H52O2. The maximum Gasteiger partial charge on any atom is 0.302 e. The Morgan fingerprint density at radius 1 is 0.882 bits per heavy atom. The van der Waals surface area contributed by atoms with Crippen LogP contribution < -0.4 is 0 Å². The maximum absolute atomic E-state index is 12.5. The topological polar surface area (TPSA) is 26.3 Å². The number of fused-ring (bicyclic) bond motifs is 7. The van der Waals surface area contributed by atoms with Gasteiger partial charge in [-0.2, -0.15) is 0 Å². The van der Waals surface area contributed by atoms with Gasteiger partial charge in [0.1, 0.15) is 6.10 Å². The van der Waals surface area contributed by atoms with Gasteiger partial charge in [-0.25, -0.2) is 0 Å². The van der Waals surface area contributed by atoms with Gasteiger partial charge in [0.25, 0.3) is 0 Å². The molecule has 192 valence electrons. The molecule has 0 unspecified atom stereocenters. The highest BCUT2D eigenvalue weighted by atomic mass is 16.5. The standard InChI is InChI=1S/C32H52O2/c1-20-11-15-29(6)17-18-32(9)27(26(29)21(20)2)23(34-22(3)33)19-25-30(7)14-10-13-28(4,5)24(30)12-16-31(25,32)8/h21,23-27H,1,10-19H2,2-9H3/t21-,23+,24-,25+,26-,27-,29+,30-,31+,32+/m0/s1. The third-order valence-corrected chi connectivity index (χ3v) is 13.6. The highest BCUT2D eigenvalue weighted by Crippen LogP contribution is 2.77. The zero-order valence-electron chi connectivity index (χ0n) is 23.6. The summed E-state index contributed by atoms with van der Waals surface area (Å²) in [6, 6.07) is 0. The summed E-state index contributed by atoms with van der Waals surface area (Å²) in [7, 11) is 0. The first kappa shape index (κ1) is 24.9. The number of esters is 1. The Kier molecular flexibility index (Phi) is 5.57. The minimum absolute atomic E-state index is 0.0548. The second kappa shape index (κ2) is 7.61. The summed E-state index contributed by atoms with van der Waals surface area (Å²) >= 11 is 0. The van der Waals surface area contributed by atoms with Crippen LogP contribution in [-0.2, 0) is 9.53 Å². The quantitative estimate of drug-likeness (QED) is 0.284. The van der Waals surface area contributed by atoms with Gasteiger partial charge in [0, 0.05) is 12.8 Å². The van der Waals surface area contributed by atoms with Crippen molar-refractivity contribution in [1.82, 2.24) is 0 Å². The van der Waals surface area contributed by atoms with Crippen LogP contribution in [0.5, 0.6) is 0 Å². The first-order valence-corrected chi connectivity index (χ1v) is 14.5. The van der Waals surface area contributed by atoms with E-state index >= 15 is 0 Å². The van der Waals surface area contributed by atoms with E-state index in [4.69, 9.17) is 4.74 Å². The average Bonchev–Trinajstić information content (AvgIpc) is 2.72. The van der Waals surface area contributed by atoms with Crippen LogP contribution in [0, 0.1) is 56.7 Å². The SMILES string of the molecule is C=C1CC[C@]2(C)CC[C@]3(C)[C@H]([C@@H]2[C@H]1C)[C@H](OC(C)=O)C[C@@H]1[C@@]2(C)CCCC(C)(C)[C@@H]2CC[C@]13C. The molecule has 34 heavy (non-hydrogen) atoms. The lowest BCUT2D eigenvalue weighted by atomic mass is 9.31. The molecule has 2 nitrogen and oxygen atoms in total. The van der Waals surface area contributed by atoms with Crippen molar-refractivity contribution in [2.45, 2.75) is 126 Å². The van der Waals surface area contributed by atoms with E-state index in [2.05, 4.69) is 55.0 Å². The molecule has 0 spiro atoms. The molecule has 0 aromatic heterocycles. The predicted octanol–water partition coefficient (Wildman–Crippen LogP) is 8.60. The number of hydrogen-bond acceptors (Lipinski definition) is 2. The van der Waals surface area contributed by atoms with E-state index < -0.39 is 0 Å². The Labute approximate surface area is 210 Å². The van der Waals surface area contributed by atoms with Crippen molar-refractivity contribution in [2.24, 2.45) is 56.7 Å². The zero-order chi connectivity index (χ0) is 24.9. The molecule has 0 aromatic carbocycles. The Bertz CT molecular complexity index is 872. The largest absolute Gasteiger partial charge is 0.462 e. The molecule has 0 saturated heterocycles. The summed E-state index contributed by atoms with van der Waals surface area (Å²) in [6.07, 6.45) is 13.0. The predicted molar refractivity (Wildman–Crippen MR) is 140 cm³/mol. The zero-order valence-corrected chi connectivity index (χ0v) is 23.6. The highest BCUT2D eigenvalue weighted by molar-refractivity contribution is 5.66. The number of carbonyl (C=O) groups is 1. The molecule has 0 aliphatic heterocycles. The lowest BCUT2D eigenvalue weighted by Crippen LogP contribution is -2.69. The molecule has 2 heteroatoms. The van der Waals surface area contributed by atoms with E-state index in [0.717, 1.165) is 12.3 Å². The van der Waals surface area contributed by atoms with Gasteiger partial charge in [-0.3, -0.25) is 4.79 Å². The summed E-state index contributed by atoms with van der Waals surface area (Å²) in [6.45, 7) is 24.2. The first-order chi connectivity index (χ1) is 15.7. The van der Waals surface area contributed by atoms with Gasteiger partial charge < -0.3 is 4.74 Å². The van der Waals surface area contributed by atoms with E-state index in [-0.39, 0.29) is 17.5 Å². The average molecular weight is 469 g/mol. The number of carbonyl (C=O) groups excluding carboxylic acids is 1. The van der Waals surface area contributed by atoms with Gasteiger partial charge in [-0.1, -0.05) is 67.0 Å². The van der Waals surface area contributed by atoms with Gasteiger partial charge in [0.2, 0.25) is 0 Å². The number of ether oxygens (including phenoxy) is 1. The second-order valence-electron chi connectivity index (χ2n) is 15.4. The summed E-state index contributed by atoms with van der Waals surface area (Å²) in [5.41, 5.74) is 3.08. The maximum atomic E-state index is 12.5. The minimum Gasteiger partial charge on any atom is -0.462 e. The second-order valence-corrected chi connectivity index (χ2v) is 15.4. The monoisotopic (exact) mass is 468 g/mol. The van der Waals surface area contributed by atoms with Crippen LogP contribution in [-0.4, -0.2) is 12.1 Å². The van der Waals surface area contributed by atoms with Gasteiger partial charge >= 0.3 is 5.97 Å². The van der Waals surface area contributed by atoms with Crippen molar-refractivity contribution >= 4 is 5.97 Å². The lowest BCUT2D eigenvalue weighted by molar-refractivity contribution is -0.273. The van der Waals surface area contributed by atoms with Crippen LogP contribution in [0.3, 0.4) is 0 Å². The van der Waals surface area contributed by atoms with Crippen molar-refractivity contribution < 1.29 is 9.53 Å². The highest BCUT2D eigenvalue weighted by Gasteiger charge is 2.71. The third-order valence-electron chi connectivity index (χ3n) is 13.6. The third kappa shape index (κ3) is 3.14. The van der Waals surface area contributed by atoms with Crippen molar-refractivity contribution in [3.63, 3.8) is 0 Å². The molecule has 0 bridgehead atoms. The van der Waals surface area contributed by atoms with Gasteiger partial charge in [0.05, 0.1) is 0 Å². The molecule has 5 rings (SSSR count). The molecule has 5 fully saturated rings. The van der Waals surface area contributed by atoms with Crippen LogP contribution in [0.4, 0.5) is 0 Å². The minimum atomic E-state index is -0.0768. The van der Waals surface area contributed by atoms with Gasteiger partial charge in [0.15, 0.2) is 0 Å². The smallest absolute Gasteiger partial charge is 0.302 e. The van der Waals surface area contributed by atoms with Gasteiger partial charge in [-0.05, 0) is 109 Å². The first-order valence-electron chi connectivity index (χ1n) is 14.5. The van der Waals surface area contributed by atoms with Gasteiger partial charge in [-0.15, -0.1) is 0 Å². The summed E-state index contributed by atoms with van der Waals surface area (Å²) < 4.78 is 6.41. The number of rotatable bonds is 1. The van der Waals surface area contributed by atoms with E-state index in [1.807, 2.05) is 0 Å². The molecular weight excluding hydrogens is 416 g/mol. The fraction of sp³-hybridized carbons (Fsp3) is 0.906.